The van der Waals surface area contributed by atoms with Crippen molar-refractivity contribution in [1.82, 2.24) is 10.2 Å². The summed E-state index contributed by atoms with van der Waals surface area (Å²) < 4.78 is 5.39. The van der Waals surface area contributed by atoms with Gasteiger partial charge in [0.05, 0.1) is 11.8 Å². The molecule has 1 saturated heterocycles. The number of piperidine rings is 1. The first-order valence-electron chi connectivity index (χ1n) is 6.48. The highest BCUT2D eigenvalue weighted by Crippen LogP contribution is 2.25. The quantitative estimate of drug-likeness (QED) is 0.872. The molecule has 5 heteroatoms. The van der Waals surface area contributed by atoms with Gasteiger partial charge in [-0.3, -0.25) is 0 Å². The van der Waals surface area contributed by atoms with Crippen LogP contribution in [0.4, 0.5) is 5.82 Å². The first-order chi connectivity index (χ1) is 8.67. The molecule has 0 saturated carbocycles. The minimum Gasteiger partial charge on any atom is -0.381 e. The van der Waals surface area contributed by atoms with Crippen LogP contribution in [0.5, 0.6) is 0 Å². The van der Waals surface area contributed by atoms with E-state index < -0.39 is 0 Å². The van der Waals surface area contributed by atoms with Crippen molar-refractivity contribution < 1.29 is 4.74 Å². The molecule has 0 radical (unpaired) electrons. The zero-order valence-electron chi connectivity index (χ0n) is 11.4. The van der Waals surface area contributed by atoms with Crippen LogP contribution in [-0.2, 0) is 11.3 Å². The second-order valence-electron chi connectivity index (χ2n) is 4.84. The fraction of sp³-hybridized carbons (Fsp3) is 0.692. The van der Waals surface area contributed by atoms with Crippen molar-refractivity contribution >= 4 is 5.82 Å². The van der Waals surface area contributed by atoms with Crippen molar-refractivity contribution in [3.63, 3.8) is 0 Å². The molecule has 1 aromatic heterocycles. The molecule has 0 bridgehead atoms. The average Bonchev–Trinajstić information content (AvgIpc) is 2.42. The zero-order chi connectivity index (χ0) is 13.1. The summed E-state index contributed by atoms with van der Waals surface area (Å²) in [5, 5.41) is 8.56. The summed E-state index contributed by atoms with van der Waals surface area (Å²) in [4.78, 5) is 2.27. The molecule has 5 nitrogen and oxygen atoms in total. The smallest absolute Gasteiger partial charge is 0.156 e. The lowest BCUT2D eigenvalue weighted by Gasteiger charge is -2.33. The number of methoxy groups -OCH3 is 1. The van der Waals surface area contributed by atoms with Crippen molar-refractivity contribution in [1.29, 1.82) is 0 Å². The summed E-state index contributed by atoms with van der Waals surface area (Å²) in [6, 6.07) is 0. The summed E-state index contributed by atoms with van der Waals surface area (Å²) in [6.45, 7) is 6.48. The van der Waals surface area contributed by atoms with E-state index in [1.54, 1.807) is 7.11 Å². The van der Waals surface area contributed by atoms with Crippen LogP contribution in [0, 0.1) is 13.8 Å². The Morgan fingerprint density at radius 1 is 1.28 bits per heavy atom. The van der Waals surface area contributed by atoms with E-state index in [0.29, 0.717) is 12.6 Å². The van der Waals surface area contributed by atoms with Gasteiger partial charge in [0.15, 0.2) is 5.82 Å². The van der Waals surface area contributed by atoms with Crippen molar-refractivity contribution in [2.24, 2.45) is 5.73 Å². The number of aryl methyl sites for hydroxylation is 1. The van der Waals surface area contributed by atoms with Crippen molar-refractivity contribution in [2.45, 2.75) is 39.3 Å². The fourth-order valence-electron chi connectivity index (χ4n) is 2.45. The van der Waals surface area contributed by atoms with Crippen LogP contribution in [0.15, 0.2) is 0 Å². The summed E-state index contributed by atoms with van der Waals surface area (Å²) in [6.07, 6.45) is 2.45. The third-order valence-electron chi connectivity index (χ3n) is 3.84. The van der Waals surface area contributed by atoms with Crippen LogP contribution in [0.2, 0.25) is 0 Å². The summed E-state index contributed by atoms with van der Waals surface area (Å²) in [5.41, 5.74) is 9.11. The van der Waals surface area contributed by atoms with Crippen molar-refractivity contribution in [2.75, 3.05) is 25.1 Å². The number of aromatic nitrogens is 2. The Hall–Kier alpha value is -1.20. The predicted octanol–water partition coefficient (Wildman–Crippen LogP) is 1.17. The summed E-state index contributed by atoms with van der Waals surface area (Å²) >= 11 is 0. The highest BCUT2D eigenvalue weighted by molar-refractivity contribution is 5.50. The Labute approximate surface area is 108 Å². The van der Waals surface area contributed by atoms with Gasteiger partial charge < -0.3 is 15.4 Å². The van der Waals surface area contributed by atoms with Gasteiger partial charge in [0.2, 0.25) is 0 Å². The van der Waals surface area contributed by atoms with E-state index in [9.17, 15) is 0 Å². The molecule has 1 aromatic rings. The molecule has 0 spiro atoms. The summed E-state index contributed by atoms with van der Waals surface area (Å²) in [5.74, 6) is 0.954. The highest BCUT2D eigenvalue weighted by atomic mass is 16.5. The van der Waals surface area contributed by atoms with Gasteiger partial charge in [0.25, 0.3) is 0 Å². The van der Waals surface area contributed by atoms with E-state index in [-0.39, 0.29) is 0 Å². The van der Waals surface area contributed by atoms with Gasteiger partial charge in [-0.2, -0.15) is 5.10 Å². The fourth-order valence-corrected chi connectivity index (χ4v) is 2.45. The van der Waals surface area contributed by atoms with E-state index in [1.807, 2.05) is 6.92 Å². The Morgan fingerprint density at radius 2 is 1.94 bits per heavy atom. The predicted molar refractivity (Wildman–Crippen MR) is 71.6 cm³/mol. The van der Waals surface area contributed by atoms with Crippen molar-refractivity contribution in [3.8, 4) is 0 Å². The van der Waals surface area contributed by atoms with E-state index in [0.717, 1.165) is 48.6 Å². The first kappa shape index (κ1) is 13.2. The second-order valence-corrected chi connectivity index (χ2v) is 4.84. The lowest BCUT2D eigenvalue weighted by Crippen LogP contribution is -2.38. The minimum atomic E-state index is 0.377. The highest BCUT2D eigenvalue weighted by Gasteiger charge is 2.22. The van der Waals surface area contributed by atoms with Gasteiger partial charge in [-0.1, -0.05) is 0 Å². The normalized spacial score (nSPS) is 17.2. The molecule has 100 valence electrons. The molecule has 2 N–H and O–H groups in total. The average molecular weight is 250 g/mol. The maximum Gasteiger partial charge on any atom is 0.156 e. The molecule has 0 amide bonds. The molecule has 0 atom stereocenters. The van der Waals surface area contributed by atoms with Crippen LogP contribution in [-0.4, -0.2) is 36.5 Å². The standard InChI is InChI=1S/C13H22N4O/c1-9-10(2)15-16-13(12(9)8-14)17-6-4-11(18-3)5-7-17/h11H,4-8,14H2,1-3H3. The Balaban J connectivity index is 2.21. The largest absolute Gasteiger partial charge is 0.381 e. The van der Waals surface area contributed by atoms with Crippen LogP contribution in [0.25, 0.3) is 0 Å². The number of hydrogen-bond donors (Lipinski definition) is 1. The third-order valence-corrected chi connectivity index (χ3v) is 3.84. The van der Waals surface area contributed by atoms with E-state index in [4.69, 9.17) is 10.5 Å². The molecule has 2 heterocycles. The molecule has 0 aliphatic carbocycles. The summed E-state index contributed by atoms with van der Waals surface area (Å²) in [7, 11) is 1.78. The lowest BCUT2D eigenvalue weighted by atomic mass is 10.0. The zero-order valence-corrected chi connectivity index (χ0v) is 11.4. The number of nitrogens with zero attached hydrogens (tertiary/aromatic N) is 3. The minimum absolute atomic E-state index is 0.377. The second kappa shape index (κ2) is 5.63. The SMILES string of the molecule is COC1CCN(c2nnc(C)c(C)c2CN)CC1. The molecular weight excluding hydrogens is 228 g/mol. The molecule has 1 aliphatic heterocycles. The number of rotatable bonds is 3. The van der Waals surface area contributed by atoms with Crippen LogP contribution < -0.4 is 10.6 Å². The maximum atomic E-state index is 5.86. The first-order valence-corrected chi connectivity index (χ1v) is 6.48. The van der Waals surface area contributed by atoms with Crippen LogP contribution in [0.3, 0.4) is 0 Å². The Kier molecular flexibility index (Phi) is 4.14. The van der Waals surface area contributed by atoms with E-state index in [2.05, 4.69) is 22.0 Å². The number of hydrogen-bond acceptors (Lipinski definition) is 5. The van der Waals surface area contributed by atoms with Crippen LogP contribution in [0.1, 0.15) is 29.7 Å². The van der Waals surface area contributed by atoms with Gasteiger partial charge in [-0.25, -0.2) is 0 Å². The van der Waals surface area contributed by atoms with Gasteiger partial charge in [0.1, 0.15) is 0 Å². The number of nitrogens with two attached hydrogens (primary N) is 1. The van der Waals surface area contributed by atoms with E-state index in [1.165, 1.54) is 0 Å². The van der Waals surface area contributed by atoms with E-state index >= 15 is 0 Å². The maximum absolute atomic E-state index is 5.86. The van der Waals surface area contributed by atoms with Gasteiger partial charge >= 0.3 is 0 Å². The number of anilines is 1. The lowest BCUT2D eigenvalue weighted by molar-refractivity contribution is 0.0817. The van der Waals surface area contributed by atoms with Gasteiger partial charge in [-0.05, 0) is 32.3 Å². The molecular formula is C13H22N4O. The molecule has 0 aromatic carbocycles. The Bertz CT molecular complexity index is 414. The van der Waals surface area contributed by atoms with Gasteiger partial charge in [-0.15, -0.1) is 5.10 Å². The number of ether oxygens (including phenoxy) is 1. The monoisotopic (exact) mass is 250 g/mol. The van der Waals surface area contributed by atoms with Crippen LogP contribution >= 0.6 is 0 Å². The van der Waals surface area contributed by atoms with Crippen molar-refractivity contribution in [3.05, 3.63) is 16.8 Å². The Morgan fingerprint density at radius 3 is 2.50 bits per heavy atom. The molecule has 0 unspecified atom stereocenters. The topological polar surface area (TPSA) is 64.3 Å². The van der Waals surface area contributed by atoms with Gasteiger partial charge in [0, 0.05) is 32.3 Å². The molecule has 1 fully saturated rings. The third kappa shape index (κ3) is 2.47. The molecule has 18 heavy (non-hydrogen) atoms. The molecule has 2 rings (SSSR count). The molecule has 1 aliphatic rings.